The van der Waals surface area contributed by atoms with Gasteiger partial charge in [0, 0.05) is 19.3 Å². The highest BCUT2D eigenvalue weighted by atomic mass is 16.6. The maximum atomic E-state index is 13.0. The summed E-state index contributed by atoms with van der Waals surface area (Å²) in [5, 5.41) is 0. The molecule has 0 heterocycles. The molecular formula is C72H130O6. The van der Waals surface area contributed by atoms with Gasteiger partial charge in [0.05, 0.1) is 0 Å². The normalized spacial score (nSPS) is 12.4. The summed E-state index contributed by atoms with van der Waals surface area (Å²) in [5.41, 5.74) is 0. The lowest BCUT2D eigenvalue weighted by Gasteiger charge is -2.18. The fourth-order valence-electron chi connectivity index (χ4n) is 10.1. The zero-order valence-electron chi connectivity index (χ0n) is 52.2. The second kappa shape index (κ2) is 66.6. The molecule has 0 aliphatic carbocycles. The van der Waals surface area contributed by atoms with E-state index in [0.717, 1.165) is 89.9 Å². The van der Waals surface area contributed by atoms with Crippen LogP contribution in [0.3, 0.4) is 0 Å². The van der Waals surface area contributed by atoms with Crippen LogP contribution in [0.5, 0.6) is 0 Å². The van der Waals surface area contributed by atoms with E-state index in [-0.39, 0.29) is 31.1 Å². The molecule has 0 aliphatic rings. The van der Waals surface area contributed by atoms with Crippen molar-refractivity contribution in [2.75, 3.05) is 13.2 Å². The second-order valence-corrected chi connectivity index (χ2v) is 23.1. The van der Waals surface area contributed by atoms with Crippen LogP contribution in [0, 0.1) is 0 Å². The number of allylic oxidation sites excluding steroid dienone is 10. The van der Waals surface area contributed by atoms with Gasteiger partial charge in [-0.2, -0.15) is 0 Å². The number of ether oxygens (including phenoxy) is 3. The van der Waals surface area contributed by atoms with Crippen molar-refractivity contribution < 1.29 is 28.6 Å². The molecule has 0 fully saturated rings. The summed E-state index contributed by atoms with van der Waals surface area (Å²) >= 11 is 0. The summed E-state index contributed by atoms with van der Waals surface area (Å²) in [4.78, 5) is 38.4. The monoisotopic (exact) mass is 1090 g/mol. The van der Waals surface area contributed by atoms with Crippen molar-refractivity contribution in [3.8, 4) is 0 Å². The largest absolute Gasteiger partial charge is 0.462 e. The minimum atomic E-state index is -0.779. The van der Waals surface area contributed by atoms with Gasteiger partial charge in [0.1, 0.15) is 13.2 Å². The highest BCUT2D eigenvalue weighted by Crippen LogP contribution is 2.18. The molecule has 0 saturated heterocycles. The lowest BCUT2D eigenvalue weighted by atomic mass is 10.0. The molecule has 78 heavy (non-hydrogen) atoms. The van der Waals surface area contributed by atoms with E-state index in [4.69, 9.17) is 14.2 Å². The van der Waals surface area contributed by atoms with Crippen LogP contribution in [-0.2, 0) is 28.6 Å². The molecule has 0 aromatic heterocycles. The molecule has 6 nitrogen and oxygen atoms in total. The second-order valence-electron chi connectivity index (χ2n) is 23.1. The standard InChI is InChI=1S/C72H130O6/c1-4-7-10-13-16-19-22-25-28-31-33-35-36-37-39-41-44-47-50-53-56-59-62-65-71(74)77-68-69(67-76-70(73)64-61-58-55-52-49-46-43-40-30-27-24-21-18-15-12-9-6-3)78-72(75)66-63-60-57-54-51-48-45-42-38-34-32-29-26-23-20-17-14-11-8-5-2/h9,12,18,21-22,25,27,30-31,33,69H,4-8,10-11,13-17,19-20,23-24,26,28-29,32,34-68H2,1-3H3/b12-9-,21-18-,25-22-,30-27-,33-31-. The maximum Gasteiger partial charge on any atom is 0.306 e. The van der Waals surface area contributed by atoms with Crippen LogP contribution in [0.2, 0.25) is 0 Å². The third-order valence-corrected chi connectivity index (χ3v) is 15.3. The zero-order valence-corrected chi connectivity index (χ0v) is 52.2. The number of carbonyl (C=O) groups excluding carboxylic acids is 3. The van der Waals surface area contributed by atoms with Gasteiger partial charge in [0.15, 0.2) is 6.10 Å². The molecule has 1 atom stereocenters. The first-order chi connectivity index (χ1) is 38.5. The molecule has 0 aromatic carbocycles. The summed E-state index contributed by atoms with van der Waals surface area (Å²) in [7, 11) is 0. The van der Waals surface area contributed by atoms with Crippen LogP contribution in [0.1, 0.15) is 361 Å². The molecule has 0 aromatic rings. The lowest BCUT2D eigenvalue weighted by Crippen LogP contribution is -2.30. The van der Waals surface area contributed by atoms with E-state index in [1.807, 2.05) is 0 Å². The molecule has 0 rings (SSSR count). The van der Waals surface area contributed by atoms with Crippen molar-refractivity contribution in [3.63, 3.8) is 0 Å². The predicted octanol–water partition coefficient (Wildman–Crippen LogP) is 23.5. The summed E-state index contributed by atoms with van der Waals surface area (Å²) in [6, 6.07) is 0. The number of hydrogen-bond donors (Lipinski definition) is 0. The molecule has 6 heteroatoms. The van der Waals surface area contributed by atoms with Gasteiger partial charge in [0.25, 0.3) is 0 Å². The Kier molecular flexibility index (Phi) is 64.2. The predicted molar refractivity (Wildman–Crippen MR) is 339 cm³/mol. The van der Waals surface area contributed by atoms with E-state index in [2.05, 4.69) is 81.5 Å². The molecule has 0 saturated carbocycles. The fraction of sp³-hybridized carbons (Fsp3) is 0.819. The van der Waals surface area contributed by atoms with Crippen molar-refractivity contribution in [1.82, 2.24) is 0 Å². The highest BCUT2D eigenvalue weighted by Gasteiger charge is 2.19. The third kappa shape index (κ3) is 63.9. The molecule has 1 unspecified atom stereocenters. The number of esters is 3. The van der Waals surface area contributed by atoms with Crippen molar-refractivity contribution in [3.05, 3.63) is 60.8 Å². The van der Waals surface area contributed by atoms with Crippen LogP contribution in [0.15, 0.2) is 60.8 Å². The number of unbranched alkanes of at least 4 members (excludes halogenated alkanes) is 42. The summed E-state index contributed by atoms with van der Waals surface area (Å²) in [6.45, 7) is 6.57. The van der Waals surface area contributed by atoms with E-state index in [1.54, 1.807) is 0 Å². The first-order valence-corrected chi connectivity index (χ1v) is 34.3. The van der Waals surface area contributed by atoms with Gasteiger partial charge >= 0.3 is 17.9 Å². The lowest BCUT2D eigenvalue weighted by molar-refractivity contribution is -0.167. The van der Waals surface area contributed by atoms with E-state index in [9.17, 15) is 14.4 Å². The van der Waals surface area contributed by atoms with Gasteiger partial charge in [0.2, 0.25) is 0 Å². The van der Waals surface area contributed by atoms with E-state index in [1.165, 1.54) is 231 Å². The van der Waals surface area contributed by atoms with E-state index in [0.29, 0.717) is 19.3 Å². The Labute approximate surface area is 485 Å². The molecule has 454 valence electrons. The van der Waals surface area contributed by atoms with E-state index < -0.39 is 6.10 Å². The van der Waals surface area contributed by atoms with Crippen molar-refractivity contribution >= 4 is 17.9 Å². The van der Waals surface area contributed by atoms with Crippen LogP contribution in [-0.4, -0.2) is 37.2 Å². The first kappa shape index (κ1) is 75.1. The average Bonchev–Trinajstić information content (AvgIpc) is 3.44. The smallest absolute Gasteiger partial charge is 0.306 e. The Hall–Kier alpha value is -2.89. The van der Waals surface area contributed by atoms with Gasteiger partial charge < -0.3 is 14.2 Å². The van der Waals surface area contributed by atoms with Crippen LogP contribution >= 0.6 is 0 Å². The van der Waals surface area contributed by atoms with Crippen LogP contribution in [0.25, 0.3) is 0 Å². The summed E-state index contributed by atoms with van der Waals surface area (Å²) in [6.07, 6.45) is 85.2. The molecule has 0 N–H and O–H groups in total. The first-order valence-electron chi connectivity index (χ1n) is 34.3. The van der Waals surface area contributed by atoms with Gasteiger partial charge in [-0.3, -0.25) is 14.4 Å². The number of rotatable bonds is 63. The molecule has 0 spiro atoms. The number of hydrogen-bond acceptors (Lipinski definition) is 6. The summed E-state index contributed by atoms with van der Waals surface area (Å²) in [5.74, 6) is -0.863. The minimum absolute atomic E-state index is 0.0749. The Bertz CT molecular complexity index is 1390. The molecule has 0 bridgehead atoms. The molecule has 0 amide bonds. The SMILES string of the molecule is CC/C=C\C/C=C\C/C=C\CCCCCCCCCC(=O)OCC(COC(=O)CCCCCCCCCCCCC/C=C\C/C=C\CCCCCCC)OC(=O)CCCCCCCCCCCCCCCCCCCCCC. The minimum Gasteiger partial charge on any atom is -0.462 e. The Balaban J connectivity index is 4.33. The Morgan fingerprint density at radius 2 is 0.500 bits per heavy atom. The zero-order chi connectivity index (χ0) is 56.4. The average molecular weight is 1090 g/mol. The fourth-order valence-corrected chi connectivity index (χ4v) is 10.1. The molecule has 0 aliphatic heterocycles. The van der Waals surface area contributed by atoms with Gasteiger partial charge in [-0.15, -0.1) is 0 Å². The highest BCUT2D eigenvalue weighted by molar-refractivity contribution is 5.71. The Morgan fingerprint density at radius 1 is 0.269 bits per heavy atom. The Morgan fingerprint density at radius 3 is 0.782 bits per heavy atom. The maximum absolute atomic E-state index is 13.0. The van der Waals surface area contributed by atoms with Crippen molar-refractivity contribution in [2.45, 2.75) is 367 Å². The third-order valence-electron chi connectivity index (χ3n) is 15.3. The van der Waals surface area contributed by atoms with Gasteiger partial charge in [-0.25, -0.2) is 0 Å². The van der Waals surface area contributed by atoms with Gasteiger partial charge in [-0.05, 0) is 83.5 Å². The topological polar surface area (TPSA) is 78.9 Å². The van der Waals surface area contributed by atoms with Gasteiger partial charge in [-0.1, -0.05) is 319 Å². The number of carbonyl (C=O) groups is 3. The van der Waals surface area contributed by atoms with E-state index >= 15 is 0 Å². The molecular weight excluding hydrogens is 961 g/mol. The summed E-state index contributed by atoms with van der Waals surface area (Å²) < 4.78 is 17.0. The van der Waals surface area contributed by atoms with Crippen molar-refractivity contribution in [1.29, 1.82) is 0 Å². The van der Waals surface area contributed by atoms with Crippen molar-refractivity contribution in [2.24, 2.45) is 0 Å². The quantitative estimate of drug-likeness (QED) is 0.0261. The molecule has 0 radical (unpaired) electrons. The van der Waals surface area contributed by atoms with Crippen LogP contribution < -0.4 is 0 Å². The van der Waals surface area contributed by atoms with Crippen LogP contribution in [0.4, 0.5) is 0 Å².